The Hall–Kier alpha value is -1.38. The first kappa shape index (κ1) is 14.0. The molecule has 1 fully saturated rings. The third kappa shape index (κ3) is 4.34. The van der Waals surface area contributed by atoms with E-state index in [1.54, 1.807) is 0 Å². The summed E-state index contributed by atoms with van der Waals surface area (Å²) >= 11 is 0. The predicted octanol–water partition coefficient (Wildman–Crippen LogP) is 4.00. The van der Waals surface area contributed by atoms with E-state index in [1.807, 2.05) is 6.07 Å². The number of carbonyl (C=O) groups is 1. The molecule has 0 aromatic heterocycles. The highest BCUT2D eigenvalue weighted by Gasteiger charge is 2.25. The van der Waals surface area contributed by atoms with Gasteiger partial charge in [0.15, 0.2) is 0 Å². The lowest BCUT2D eigenvalue weighted by Crippen LogP contribution is -2.24. The lowest BCUT2D eigenvalue weighted by Gasteiger charge is -2.28. The van der Waals surface area contributed by atoms with Crippen molar-refractivity contribution in [2.75, 3.05) is 0 Å². The van der Waals surface area contributed by atoms with Gasteiger partial charge in [0.1, 0.15) is 12.3 Å². The van der Waals surface area contributed by atoms with Crippen molar-refractivity contribution < 1.29 is 13.9 Å². The molecule has 3 heteroatoms. The molecular weight excluding hydrogens is 243 g/mol. The lowest BCUT2D eigenvalue weighted by molar-refractivity contribution is -0.151. The van der Waals surface area contributed by atoms with Gasteiger partial charge in [-0.1, -0.05) is 30.3 Å². The van der Waals surface area contributed by atoms with Gasteiger partial charge in [0.25, 0.3) is 0 Å². The first-order valence-electron chi connectivity index (χ1n) is 7.03. The molecule has 0 radical (unpaired) electrons. The summed E-state index contributed by atoms with van der Waals surface area (Å²) < 4.78 is 18.0. The van der Waals surface area contributed by atoms with Gasteiger partial charge in [-0.2, -0.15) is 0 Å². The largest absolute Gasteiger partial charge is 0.462 e. The molecule has 0 saturated heterocycles. The van der Waals surface area contributed by atoms with Crippen LogP contribution in [0.4, 0.5) is 4.39 Å². The minimum atomic E-state index is -1.12. The van der Waals surface area contributed by atoms with Crippen molar-refractivity contribution in [3.8, 4) is 0 Å². The standard InChI is InChI=1S/C16H21FO2/c1-12(17)11-16(18)19-15-9-7-14(8-10-15)13-5-3-2-4-6-13/h2-6,12,14-15H,7-11H2,1H3. The van der Waals surface area contributed by atoms with Gasteiger partial charge in [0.05, 0.1) is 6.42 Å². The summed E-state index contributed by atoms with van der Waals surface area (Å²) in [7, 11) is 0. The molecule has 0 heterocycles. The lowest BCUT2D eigenvalue weighted by atomic mass is 9.83. The summed E-state index contributed by atoms with van der Waals surface area (Å²) in [5.41, 5.74) is 1.37. The van der Waals surface area contributed by atoms with Crippen LogP contribution in [0.25, 0.3) is 0 Å². The van der Waals surface area contributed by atoms with E-state index in [9.17, 15) is 9.18 Å². The number of alkyl halides is 1. The summed E-state index contributed by atoms with van der Waals surface area (Å²) in [6.45, 7) is 1.38. The third-order valence-electron chi connectivity index (χ3n) is 3.69. The molecule has 0 amide bonds. The maximum atomic E-state index is 12.7. The molecule has 1 aromatic carbocycles. The van der Waals surface area contributed by atoms with Gasteiger partial charge in [-0.3, -0.25) is 4.79 Å². The smallest absolute Gasteiger partial charge is 0.308 e. The molecule has 0 N–H and O–H groups in total. The Balaban J connectivity index is 1.78. The van der Waals surface area contributed by atoms with Crippen LogP contribution in [0.2, 0.25) is 0 Å². The Kier molecular flexibility index (Phi) is 4.94. The molecule has 1 aliphatic rings. The first-order valence-corrected chi connectivity index (χ1v) is 7.03. The van der Waals surface area contributed by atoms with E-state index < -0.39 is 12.1 Å². The normalized spacial score (nSPS) is 24.7. The number of ether oxygens (including phenoxy) is 1. The highest BCUT2D eigenvalue weighted by molar-refractivity contribution is 5.70. The van der Waals surface area contributed by atoms with Crippen LogP contribution in [-0.2, 0) is 9.53 Å². The average molecular weight is 264 g/mol. The van der Waals surface area contributed by atoms with Gasteiger partial charge in [0, 0.05) is 0 Å². The monoisotopic (exact) mass is 264 g/mol. The number of hydrogen-bond donors (Lipinski definition) is 0. The second-order valence-electron chi connectivity index (χ2n) is 5.36. The summed E-state index contributed by atoms with van der Waals surface area (Å²) in [5.74, 6) is 0.161. The average Bonchev–Trinajstić information content (AvgIpc) is 2.39. The second-order valence-corrected chi connectivity index (χ2v) is 5.36. The summed E-state index contributed by atoms with van der Waals surface area (Å²) in [5, 5.41) is 0. The van der Waals surface area contributed by atoms with Crippen LogP contribution in [0.5, 0.6) is 0 Å². The van der Waals surface area contributed by atoms with Crippen LogP contribution in [0.1, 0.15) is 50.5 Å². The molecule has 1 atom stereocenters. The number of esters is 1. The zero-order chi connectivity index (χ0) is 13.7. The van der Waals surface area contributed by atoms with E-state index in [-0.39, 0.29) is 12.5 Å². The topological polar surface area (TPSA) is 26.3 Å². The SMILES string of the molecule is CC(F)CC(=O)OC1CCC(c2ccccc2)CC1. The Morgan fingerprint density at radius 1 is 1.26 bits per heavy atom. The summed E-state index contributed by atoms with van der Waals surface area (Å²) in [4.78, 5) is 11.4. The van der Waals surface area contributed by atoms with Crippen LogP contribution in [0.15, 0.2) is 30.3 Å². The van der Waals surface area contributed by atoms with Crippen LogP contribution in [0.3, 0.4) is 0 Å². The highest BCUT2D eigenvalue weighted by atomic mass is 19.1. The second kappa shape index (κ2) is 6.69. The van der Waals surface area contributed by atoms with Crippen molar-refractivity contribution >= 4 is 5.97 Å². The zero-order valence-corrected chi connectivity index (χ0v) is 11.3. The fourth-order valence-corrected chi connectivity index (χ4v) is 2.70. The molecule has 0 aliphatic heterocycles. The van der Waals surface area contributed by atoms with Gasteiger partial charge >= 0.3 is 5.97 Å². The molecule has 104 valence electrons. The van der Waals surface area contributed by atoms with E-state index in [0.29, 0.717) is 5.92 Å². The van der Waals surface area contributed by atoms with Crippen LogP contribution < -0.4 is 0 Å². The van der Waals surface area contributed by atoms with Gasteiger partial charge < -0.3 is 4.74 Å². The first-order chi connectivity index (χ1) is 9.15. The molecular formula is C16H21FO2. The number of benzene rings is 1. The fourth-order valence-electron chi connectivity index (χ4n) is 2.70. The number of rotatable bonds is 4. The Labute approximate surface area is 114 Å². The van der Waals surface area contributed by atoms with Gasteiger partial charge in [-0.15, -0.1) is 0 Å². The van der Waals surface area contributed by atoms with E-state index in [2.05, 4.69) is 24.3 Å². The molecule has 1 saturated carbocycles. The molecule has 2 rings (SSSR count). The van der Waals surface area contributed by atoms with E-state index in [4.69, 9.17) is 4.74 Å². The summed E-state index contributed by atoms with van der Waals surface area (Å²) in [6, 6.07) is 10.5. The molecule has 0 bridgehead atoms. The molecule has 1 unspecified atom stereocenters. The maximum Gasteiger partial charge on any atom is 0.308 e. The number of halogens is 1. The van der Waals surface area contributed by atoms with Gasteiger partial charge in [0.2, 0.25) is 0 Å². The Morgan fingerprint density at radius 2 is 1.89 bits per heavy atom. The van der Waals surface area contributed by atoms with Crippen molar-refractivity contribution in [2.45, 2.75) is 57.2 Å². The Bertz CT molecular complexity index is 394. The number of hydrogen-bond acceptors (Lipinski definition) is 2. The molecule has 0 spiro atoms. The van der Waals surface area contributed by atoms with Crippen molar-refractivity contribution in [1.29, 1.82) is 0 Å². The van der Waals surface area contributed by atoms with Crippen LogP contribution in [0, 0.1) is 0 Å². The quantitative estimate of drug-likeness (QED) is 0.768. The van der Waals surface area contributed by atoms with Gasteiger partial charge in [-0.05, 0) is 44.1 Å². The Morgan fingerprint density at radius 3 is 2.47 bits per heavy atom. The predicted molar refractivity (Wildman–Crippen MR) is 72.7 cm³/mol. The van der Waals surface area contributed by atoms with Crippen molar-refractivity contribution in [2.24, 2.45) is 0 Å². The highest BCUT2D eigenvalue weighted by Crippen LogP contribution is 2.33. The minimum Gasteiger partial charge on any atom is -0.462 e. The summed E-state index contributed by atoms with van der Waals surface area (Å²) in [6.07, 6.45) is 2.57. The van der Waals surface area contributed by atoms with Crippen molar-refractivity contribution in [3.63, 3.8) is 0 Å². The molecule has 2 nitrogen and oxygen atoms in total. The van der Waals surface area contributed by atoms with Crippen LogP contribution in [-0.4, -0.2) is 18.2 Å². The van der Waals surface area contributed by atoms with Crippen molar-refractivity contribution in [1.82, 2.24) is 0 Å². The van der Waals surface area contributed by atoms with E-state index in [0.717, 1.165) is 25.7 Å². The maximum absolute atomic E-state index is 12.7. The third-order valence-corrected chi connectivity index (χ3v) is 3.69. The minimum absolute atomic E-state index is 0.0220. The number of carbonyl (C=O) groups excluding carboxylic acids is 1. The zero-order valence-electron chi connectivity index (χ0n) is 11.3. The molecule has 1 aromatic rings. The van der Waals surface area contributed by atoms with Gasteiger partial charge in [-0.25, -0.2) is 4.39 Å². The fraction of sp³-hybridized carbons (Fsp3) is 0.562. The van der Waals surface area contributed by atoms with Crippen LogP contribution >= 0.6 is 0 Å². The molecule has 1 aliphatic carbocycles. The van der Waals surface area contributed by atoms with E-state index >= 15 is 0 Å². The van der Waals surface area contributed by atoms with E-state index in [1.165, 1.54) is 12.5 Å². The van der Waals surface area contributed by atoms with Crippen molar-refractivity contribution in [3.05, 3.63) is 35.9 Å². The molecule has 19 heavy (non-hydrogen) atoms.